The number of rotatable bonds is 5. The molecule has 0 saturated heterocycles. The minimum Gasteiger partial charge on any atom is -0.425 e. The Morgan fingerprint density at radius 3 is 2.58 bits per heavy atom. The van der Waals surface area contributed by atoms with Gasteiger partial charge in [-0.3, -0.25) is 0 Å². The predicted molar refractivity (Wildman–Crippen MR) is 81.1 cm³/mol. The molecule has 0 amide bonds. The van der Waals surface area contributed by atoms with E-state index in [4.69, 9.17) is 10.00 Å². The first kappa shape index (κ1) is 17.0. The van der Waals surface area contributed by atoms with Gasteiger partial charge in [-0.25, -0.2) is 10.3 Å². The van der Waals surface area contributed by atoms with Crippen LogP contribution in [0.5, 0.6) is 5.75 Å². The van der Waals surface area contributed by atoms with E-state index in [0.717, 1.165) is 19.3 Å². The maximum Gasteiger partial charge on any atom is 0.303 e. The molecule has 0 aliphatic heterocycles. The summed E-state index contributed by atoms with van der Waals surface area (Å²) in [6, 6.07) is 9.55. The van der Waals surface area contributed by atoms with E-state index in [1.807, 2.05) is 50.4 Å². The molecular weight excluding hydrogens is 238 g/mol. The van der Waals surface area contributed by atoms with Crippen LogP contribution in [-0.2, 0) is 0 Å². The van der Waals surface area contributed by atoms with Gasteiger partial charge < -0.3 is 4.74 Å². The third-order valence-electron chi connectivity index (χ3n) is 2.14. The summed E-state index contributed by atoms with van der Waals surface area (Å²) < 4.78 is 5.45. The summed E-state index contributed by atoms with van der Waals surface area (Å²) in [5.41, 5.74) is 0. The summed E-state index contributed by atoms with van der Waals surface area (Å²) in [5.74, 6) is 0.671. The van der Waals surface area contributed by atoms with E-state index < -0.39 is 0 Å². The van der Waals surface area contributed by atoms with Gasteiger partial charge in [-0.15, -0.1) is 0 Å². The fourth-order valence-electron chi connectivity index (χ4n) is 1.29. The van der Waals surface area contributed by atoms with Gasteiger partial charge >= 0.3 is 6.02 Å². The maximum atomic E-state index is 8.60. The Bertz CT molecular complexity index is 388. The molecule has 0 fully saturated rings. The van der Waals surface area contributed by atoms with Crippen molar-refractivity contribution in [1.82, 2.24) is 5.32 Å². The Morgan fingerprint density at radius 2 is 2.00 bits per heavy atom. The molecule has 19 heavy (non-hydrogen) atoms. The number of ether oxygens (including phenoxy) is 1. The largest absolute Gasteiger partial charge is 0.425 e. The highest BCUT2D eigenvalue weighted by Crippen LogP contribution is 2.08. The number of amidine groups is 1. The zero-order chi connectivity index (χ0) is 14.3. The summed E-state index contributed by atoms with van der Waals surface area (Å²) in [6.45, 7) is 6.81. The van der Waals surface area contributed by atoms with E-state index in [9.17, 15) is 0 Å². The van der Waals surface area contributed by atoms with Crippen molar-refractivity contribution in [3.05, 3.63) is 30.3 Å². The molecule has 0 unspecified atom stereocenters. The van der Waals surface area contributed by atoms with Gasteiger partial charge in [0.05, 0.1) is 0 Å². The summed E-state index contributed by atoms with van der Waals surface area (Å²) in [7, 11) is 0. The van der Waals surface area contributed by atoms with Gasteiger partial charge in [0.25, 0.3) is 0 Å². The molecule has 1 aromatic carbocycles. The van der Waals surface area contributed by atoms with Gasteiger partial charge in [-0.05, 0) is 18.6 Å². The molecule has 0 saturated carbocycles. The molecule has 0 atom stereocenters. The molecule has 0 heterocycles. The van der Waals surface area contributed by atoms with Crippen molar-refractivity contribution in [1.29, 1.82) is 5.26 Å². The highest BCUT2D eigenvalue weighted by Gasteiger charge is 2.00. The number of unbranched alkanes of at least 4 members (excludes halogenated alkanes) is 2. The van der Waals surface area contributed by atoms with Gasteiger partial charge in [0.15, 0.2) is 6.19 Å². The molecular formula is C15H25N3O. The molecule has 4 nitrogen and oxygen atoms in total. The van der Waals surface area contributed by atoms with Crippen LogP contribution in [0.3, 0.4) is 0 Å². The lowest BCUT2D eigenvalue weighted by Gasteiger charge is -2.06. The monoisotopic (exact) mass is 263 g/mol. The van der Waals surface area contributed by atoms with Crippen molar-refractivity contribution in [2.75, 3.05) is 6.54 Å². The average Bonchev–Trinajstić information content (AvgIpc) is 2.47. The molecule has 106 valence electrons. The number of hydrogen-bond donors (Lipinski definition) is 1. The summed E-state index contributed by atoms with van der Waals surface area (Å²) in [4.78, 5) is 4.21. The average molecular weight is 263 g/mol. The second-order valence-electron chi connectivity index (χ2n) is 3.55. The molecule has 0 bridgehead atoms. The molecule has 4 heteroatoms. The number of nitrogens with zero attached hydrogens (tertiary/aromatic N) is 2. The summed E-state index contributed by atoms with van der Waals surface area (Å²) >= 11 is 0. The van der Waals surface area contributed by atoms with Crippen molar-refractivity contribution >= 4 is 6.02 Å². The fraction of sp³-hybridized carbons (Fsp3) is 0.467. The van der Waals surface area contributed by atoms with Crippen LogP contribution in [0.1, 0.15) is 41.5 Å². The van der Waals surface area contributed by atoms with Gasteiger partial charge in [-0.1, -0.05) is 51.8 Å². The van der Waals surface area contributed by atoms with Crippen LogP contribution in [0.15, 0.2) is 35.3 Å². The van der Waals surface area contributed by atoms with E-state index in [1.165, 1.54) is 0 Å². The highest BCUT2D eigenvalue weighted by atomic mass is 16.5. The van der Waals surface area contributed by atoms with Crippen molar-refractivity contribution in [3.8, 4) is 11.9 Å². The quantitative estimate of drug-likeness (QED) is 0.288. The van der Waals surface area contributed by atoms with Crippen LogP contribution in [0.4, 0.5) is 0 Å². The second-order valence-corrected chi connectivity index (χ2v) is 3.55. The van der Waals surface area contributed by atoms with E-state index in [1.54, 1.807) is 0 Å². The predicted octanol–water partition coefficient (Wildman–Crippen LogP) is 3.95. The van der Waals surface area contributed by atoms with Gasteiger partial charge in [0, 0.05) is 7.97 Å². The second kappa shape index (κ2) is 12.4. The van der Waals surface area contributed by atoms with Crippen LogP contribution in [0.25, 0.3) is 0 Å². The van der Waals surface area contributed by atoms with Crippen LogP contribution < -0.4 is 10.1 Å². The summed E-state index contributed by atoms with van der Waals surface area (Å²) in [6.07, 6.45) is 5.11. The van der Waals surface area contributed by atoms with Gasteiger partial charge in [0.1, 0.15) is 5.75 Å². The Balaban J connectivity index is 0. The zero-order valence-corrected chi connectivity index (χ0v) is 12.0. The van der Waals surface area contributed by atoms with Crippen LogP contribution in [0, 0.1) is 11.5 Å². The fourth-order valence-corrected chi connectivity index (χ4v) is 1.29. The summed E-state index contributed by atoms with van der Waals surface area (Å²) in [5, 5.41) is 11.0. The molecule has 0 aliphatic rings. The van der Waals surface area contributed by atoms with Crippen molar-refractivity contribution < 1.29 is 6.16 Å². The lowest BCUT2D eigenvalue weighted by Crippen LogP contribution is -2.24. The molecule has 0 aliphatic carbocycles. The van der Waals surface area contributed by atoms with E-state index >= 15 is 0 Å². The number of nitriles is 1. The molecule has 1 aromatic rings. The lowest BCUT2D eigenvalue weighted by atomic mass is 10.2. The number of benzene rings is 1. The Morgan fingerprint density at radius 1 is 1.32 bits per heavy atom. The van der Waals surface area contributed by atoms with E-state index in [2.05, 4.69) is 17.2 Å². The number of hydrogen-bond acceptors (Lipinski definition) is 3. The first-order valence-corrected chi connectivity index (χ1v) is 6.79. The Hall–Kier alpha value is -2.02. The third kappa shape index (κ3) is 8.67. The van der Waals surface area contributed by atoms with Crippen molar-refractivity contribution in [3.63, 3.8) is 0 Å². The lowest BCUT2D eigenvalue weighted by molar-refractivity contribution is 0.524. The topological polar surface area (TPSA) is 57.4 Å². The van der Waals surface area contributed by atoms with Crippen molar-refractivity contribution in [2.45, 2.75) is 40.0 Å². The first-order valence-electron chi connectivity index (χ1n) is 6.79. The van der Waals surface area contributed by atoms with Crippen LogP contribution >= 0.6 is 0 Å². The maximum absolute atomic E-state index is 8.60. The third-order valence-corrected chi connectivity index (χ3v) is 2.14. The van der Waals surface area contributed by atoms with E-state index in [0.29, 0.717) is 12.3 Å². The number of aliphatic imine (C=N–C) groups is 1. The van der Waals surface area contributed by atoms with Crippen LogP contribution in [0.2, 0.25) is 0 Å². The molecule has 1 N–H and O–H groups in total. The molecule has 0 radical (unpaired) electrons. The number of para-hydroxylation sites is 1. The Kier molecular flexibility index (Phi) is 11.1. The smallest absolute Gasteiger partial charge is 0.303 e. The molecule has 0 aromatic heterocycles. The van der Waals surface area contributed by atoms with Crippen molar-refractivity contribution in [2.24, 2.45) is 4.99 Å². The SMILES string of the molecule is CC.CCCCCN=C(NC#N)Oc1ccccc1.[HH]. The Labute approximate surface area is 117 Å². The first-order chi connectivity index (χ1) is 9.36. The molecule has 0 spiro atoms. The normalized spacial score (nSPS) is 9.89. The minimum absolute atomic E-state index is 0. The van der Waals surface area contributed by atoms with Gasteiger partial charge in [0.2, 0.25) is 0 Å². The molecule has 1 rings (SSSR count). The van der Waals surface area contributed by atoms with Gasteiger partial charge in [-0.2, -0.15) is 5.26 Å². The minimum atomic E-state index is 0. The highest BCUT2D eigenvalue weighted by molar-refractivity contribution is 5.77. The zero-order valence-electron chi connectivity index (χ0n) is 12.0. The van der Waals surface area contributed by atoms with Crippen LogP contribution in [-0.4, -0.2) is 12.6 Å². The van der Waals surface area contributed by atoms with E-state index in [-0.39, 0.29) is 7.45 Å². The number of nitrogens with one attached hydrogen (secondary N) is 1. The standard InChI is InChI=1S/C13H17N3O.C2H6.H2/c1-2-3-7-10-15-13(16-11-14)17-12-8-5-4-6-9-12;1-2;/h4-6,8-9H,2-3,7,10H2,1H3,(H,15,16);1-2H3;1H.